The summed E-state index contributed by atoms with van der Waals surface area (Å²) in [6, 6.07) is 24.2. The third kappa shape index (κ3) is 6.19. The van der Waals surface area contributed by atoms with E-state index in [1.54, 1.807) is 48.5 Å². The zero-order valence-corrected chi connectivity index (χ0v) is 25.3. The van der Waals surface area contributed by atoms with E-state index in [-0.39, 0.29) is 23.5 Å². The summed E-state index contributed by atoms with van der Waals surface area (Å²) in [6.45, 7) is 2.00. The molecule has 1 heterocycles. The van der Waals surface area contributed by atoms with E-state index in [0.717, 1.165) is 23.2 Å². The molecule has 0 fully saturated rings. The van der Waals surface area contributed by atoms with Crippen molar-refractivity contribution in [3.05, 3.63) is 118 Å². The molecule has 6 rings (SSSR count). The Morgan fingerprint density at radius 3 is 1.67 bits per heavy atom. The molecule has 0 spiro atoms. The Bertz CT molecular complexity index is 2030. The van der Waals surface area contributed by atoms with E-state index in [0.29, 0.717) is 43.5 Å². The van der Waals surface area contributed by atoms with Gasteiger partial charge in [0.2, 0.25) is 5.95 Å². The van der Waals surface area contributed by atoms with Gasteiger partial charge in [-0.25, -0.2) is 14.6 Å². The molecule has 0 bridgehead atoms. The second kappa shape index (κ2) is 13.0. The smallest absolute Gasteiger partial charge is 0.339 e. The van der Waals surface area contributed by atoms with E-state index in [4.69, 9.17) is 23.1 Å². The number of hydrogen-bond acceptors (Lipinski definition) is 8. The van der Waals surface area contributed by atoms with Crippen LogP contribution in [0.15, 0.2) is 84.9 Å². The predicted octanol–water partition coefficient (Wildman–Crippen LogP) is 6.92. The molecular formula is C35H29ClN4O6. The van der Waals surface area contributed by atoms with Gasteiger partial charge in [0.25, 0.3) is 0 Å². The van der Waals surface area contributed by atoms with Gasteiger partial charge in [0.15, 0.2) is 0 Å². The molecule has 0 atom stereocenters. The lowest BCUT2D eigenvalue weighted by molar-refractivity contribution is 0.0682. The van der Waals surface area contributed by atoms with Crippen LogP contribution in [0.1, 0.15) is 44.5 Å². The van der Waals surface area contributed by atoms with Crippen LogP contribution in [0.5, 0.6) is 11.5 Å². The Morgan fingerprint density at radius 2 is 1.22 bits per heavy atom. The zero-order chi connectivity index (χ0) is 33.1. The minimum atomic E-state index is -1.28. The second-order valence-corrected chi connectivity index (χ2v) is 10.8. The number of aryl methyl sites for hydroxylation is 1. The van der Waals surface area contributed by atoms with E-state index in [2.05, 4.69) is 9.97 Å². The largest absolute Gasteiger partial charge is 0.507 e. The van der Waals surface area contributed by atoms with Crippen molar-refractivity contribution in [2.75, 3.05) is 11.5 Å². The fourth-order valence-electron chi connectivity index (χ4n) is 5.42. The van der Waals surface area contributed by atoms with Crippen molar-refractivity contribution in [3.63, 3.8) is 0 Å². The lowest BCUT2D eigenvalue weighted by Crippen LogP contribution is -2.06. The van der Waals surface area contributed by atoms with Gasteiger partial charge >= 0.3 is 11.9 Å². The molecule has 0 saturated carbocycles. The average molecular weight is 637 g/mol. The predicted molar refractivity (Wildman–Crippen MR) is 179 cm³/mol. The number of halogens is 1. The molecule has 0 amide bonds. The number of nitrogens with zero attached hydrogens (tertiary/aromatic N) is 2. The standard InChI is InChI=1S/C23H16O6.C12H13ClN4/c24-20-16(14-7-3-1-5-12(14)9-18(20)22(26)27)11-17-15-8-4-2-6-13(15)10-19(21(17)25)23(28)29;1-2-9-10(11(14)17-12(15)16-9)7-3-5-8(13)6-4-7/h1-10,24-25H,11H2,(H,26,27)(H,28,29);3-6H,2H2,1H3,(H4,14,15,16,17). The van der Waals surface area contributed by atoms with Gasteiger partial charge in [-0.3, -0.25) is 0 Å². The fraction of sp³-hybridized carbons (Fsp3) is 0.0857. The van der Waals surface area contributed by atoms with Crippen LogP contribution in [0.25, 0.3) is 32.7 Å². The number of phenols is 2. The van der Waals surface area contributed by atoms with Crippen LogP contribution in [0.3, 0.4) is 0 Å². The Morgan fingerprint density at radius 1 is 0.739 bits per heavy atom. The molecule has 0 radical (unpaired) electrons. The topological polar surface area (TPSA) is 193 Å². The molecule has 5 aromatic carbocycles. The van der Waals surface area contributed by atoms with Crippen molar-refractivity contribution >= 4 is 56.9 Å². The van der Waals surface area contributed by atoms with Gasteiger partial charge in [-0.1, -0.05) is 79.2 Å². The van der Waals surface area contributed by atoms with Crippen LogP contribution < -0.4 is 11.5 Å². The molecule has 0 aliphatic rings. The maximum Gasteiger partial charge on any atom is 0.339 e. The minimum Gasteiger partial charge on any atom is -0.507 e. The Balaban J connectivity index is 0.000000209. The summed E-state index contributed by atoms with van der Waals surface area (Å²) >= 11 is 5.86. The van der Waals surface area contributed by atoms with Gasteiger partial charge < -0.3 is 31.9 Å². The maximum atomic E-state index is 11.6. The van der Waals surface area contributed by atoms with Gasteiger partial charge in [0.05, 0.1) is 5.69 Å². The summed E-state index contributed by atoms with van der Waals surface area (Å²) in [7, 11) is 0. The molecule has 0 aliphatic heterocycles. The van der Waals surface area contributed by atoms with E-state index >= 15 is 0 Å². The third-order valence-corrected chi connectivity index (χ3v) is 7.82. The monoisotopic (exact) mass is 636 g/mol. The van der Waals surface area contributed by atoms with Crippen LogP contribution in [-0.4, -0.2) is 42.3 Å². The Labute approximate surface area is 268 Å². The number of anilines is 2. The molecule has 0 saturated heterocycles. The number of nitrogens with two attached hydrogens (primary N) is 2. The number of benzene rings is 5. The first-order valence-corrected chi connectivity index (χ1v) is 14.5. The van der Waals surface area contributed by atoms with Crippen molar-refractivity contribution in [2.45, 2.75) is 19.8 Å². The van der Waals surface area contributed by atoms with Crippen LogP contribution >= 0.6 is 11.6 Å². The first-order chi connectivity index (χ1) is 22.0. The third-order valence-electron chi connectivity index (χ3n) is 7.56. The van der Waals surface area contributed by atoms with Crippen molar-refractivity contribution in [1.82, 2.24) is 9.97 Å². The number of fused-ring (bicyclic) bond motifs is 2. The number of aromatic carboxylic acids is 2. The number of nitrogen functional groups attached to an aromatic ring is 2. The Kier molecular flexibility index (Phi) is 8.92. The van der Waals surface area contributed by atoms with Crippen molar-refractivity contribution in [3.8, 4) is 22.6 Å². The molecule has 11 heteroatoms. The zero-order valence-electron chi connectivity index (χ0n) is 24.5. The van der Waals surface area contributed by atoms with Crippen LogP contribution in [0, 0.1) is 0 Å². The highest BCUT2D eigenvalue weighted by molar-refractivity contribution is 6.30. The normalized spacial score (nSPS) is 10.8. The van der Waals surface area contributed by atoms with Gasteiger partial charge in [-0.05, 0) is 57.8 Å². The molecule has 232 valence electrons. The van der Waals surface area contributed by atoms with E-state index < -0.39 is 23.4 Å². The molecule has 8 N–H and O–H groups in total. The van der Waals surface area contributed by atoms with Gasteiger partial charge in [0, 0.05) is 28.1 Å². The molecule has 0 unspecified atom stereocenters. The SMILES string of the molecule is CCc1nc(N)nc(N)c1-c1ccc(Cl)cc1.O=C(O)c1cc2ccccc2c(Cc2c(O)c(C(=O)O)cc3ccccc23)c1O. The van der Waals surface area contributed by atoms with Crippen molar-refractivity contribution < 1.29 is 30.0 Å². The van der Waals surface area contributed by atoms with Gasteiger partial charge in [-0.15, -0.1) is 0 Å². The summed E-state index contributed by atoms with van der Waals surface area (Å²) in [4.78, 5) is 31.4. The number of rotatable bonds is 6. The molecule has 46 heavy (non-hydrogen) atoms. The number of carbonyl (C=O) groups is 2. The highest BCUT2D eigenvalue weighted by atomic mass is 35.5. The molecule has 6 aromatic rings. The number of aromatic hydroxyl groups is 2. The minimum absolute atomic E-state index is 0.0407. The molecule has 0 aliphatic carbocycles. The van der Waals surface area contributed by atoms with Crippen LogP contribution in [0.2, 0.25) is 5.02 Å². The number of carboxylic acids is 2. The highest BCUT2D eigenvalue weighted by Crippen LogP contribution is 2.39. The summed E-state index contributed by atoms with van der Waals surface area (Å²) < 4.78 is 0. The second-order valence-electron chi connectivity index (χ2n) is 10.4. The Hall–Kier alpha value is -5.87. The first-order valence-electron chi connectivity index (χ1n) is 14.1. The first kappa shape index (κ1) is 31.6. The highest BCUT2D eigenvalue weighted by Gasteiger charge is 2.22. The van der Waals surface area contributed by atoms with E-state index in [9.17, 15) is 30.0 Å². The average Bonchev–Trinajstić information content (AvgIpc) is 3.03. The summed E-state index contributed by atoms with van der Waals surface area (Å²) in [5, 5.41) is 43.5. The van der Waals surface area contributed by atoms with Crippen molar-refractivity contribution in [1.29, 1.82) is 0 Å². The molecule has 1 aromatic heterocycles. The molecule has 10 nitrogen and oxygen atoms in total. The van der Waals surface area contributed by atoms with Crippen LogP contribution in [-0.2, 0) is 12.8 Å². The van der Waals surface area contributed by atoms with Gasteiger partial charge in [-0.2, -0.15) is 4.98 Å². The number of carboxylic acid groups (broad SMARTS) is 2. The van der Waals surface area contributed by atoms with E-state index in [1.165, 1.54) is 12.1 Å². The lowest BCUT2D eigenvalue weighted by atomic mass is 9.90. The maximum absolute atomic E-state index is 11.6. The molecular weight excluding hydrogens is 608 g/mol. The van der Waals surface area contributed by atoms with Gasteiger partial charge in [0.1, 0.15) is 28.4 Å². The summed E-state index contributed by atoms with van der Waals surface area (Å²) in [5.74, 6) is -2.75. The quantitative estimate of drug-likeness (QED) is 0.112. The van der Waals surface area contributed by atoms with E-state index in [1.807, 2.05) is 31.2 Å². The van der Waals surface area contributed by atoms with Crippen LogP contribution in [0.4, 0.5) is 11.8 Å². The van der Waals surface area contributed by atoms with Crippen molar-refractivity contribution in [2.24, 2.45) is 0 Å². The summed E-state index contributed by atoms with van der Waals surface area (Å²) in [6.07, 6.45) is 0.704. The lowest BCUT2D eigenvalue weighted by Gasteiger charge is -2.16. The number of aromatic nitrogens is 2. The fourth-order valence-corrected chi connectivity index (χ4v) is 5.54. The number of hydrogen-bond donors (Lipinski definition) is 6. The summed E-state index contributed by atoms with van der Waals surface area (Å²) in [5.41, 5.74) is 14.2.